The highest BCUT2D eigenvalue weighted by Gasteiger charge is 2.10. The number of hydrogen-bond acceptors (Lipinski definition) is 4. The van der Waals surface area contributed by atoms with E-state index in [1.54, 1.807) is 6.20 Å². The number of nitrogens with zero attached hydrogens (tertiary/aromatic N) is 1. The van der Waals surface area contributed by atoms with Crippen LogP contribution in [0.5, 0.6) is 5.75 Å². The highest BCUT2D eigenvalue weighted by atomic mass is 16.5. The van der Waals surface area contributed by atoms with Crippen LogP contribution >= 0.6 is 0 Å². The van der Waals surface area contributed by atoms with Crippen molar-refractivity contribution in [2.45, 2.75) is 33.4 Å². The van der Waals surface area contributed by atoms with Crippen LogP contribution in [0.4, 0.5) is 0 Å². The predicted octanol–water partition coefficient (Wildman–Crippen LogP) is 3.23. The van der Waals surface area contributed by atoms with Crippen LogP contribution in [0.25, 0.3) is 0 Å². The third-order valence-electron chi connectivity index (χ3n) is 2.83. The van der Waals surface area contributed by atoms with Crippen LogP contribution in [0.1, 0.15) is 37.1 Å². The average molecular weight is 260 g/mol. The Morgan fingerprint density at radius 1 is 1.42 bits per heavy atom. The van der Waals surface area contributed by atoms with Crippen LogP contribution in [0.3, 0.4) is 0 Å². The molecule has 0 saturated heterocycles. The lowest BCUT2D eigenvalue weighted by molar-refractivity contribution is 0.339. The number of hydrogen-bond donors (Lipinski definition) is 1. The second kappa shape index (κ2) is 6.38. The minimum absolute atomic E-state index is 0.0875. The van der Waals surface area contributed by atoms with E-state index in [2.05, 4.69) is 16.4 Å². The van der Waals surface area contributed by atoms with Crippen molar-refractivity contribution in [3.05, 3.63) is 47.7 Å². The molecule has 4 nitrogen and oxygen atoms in total. The van der Waals surface area contributed by atoms with Crippen LogP contribution in [-0.4, -0.2) is 11.6 Å². The summed E-state index contributed by atoms with van der Waals surface area (Å²) in [5, 5.41) is 3.39. The summed E-state index contributed by atoms with van der Waals surface area (Å²) in [4.78, 5) is 4.22. The van der Waals surface area contributed by atoms with Gasteiger partial charge in [0.1, 0.15) is 11.5 Å². The topological polar surface area (TPSA) is 47.3 Å². The second-order valence-corrected chi connectivity index (χ2v) is 4.49. The molecule has 1 aromatic heterocycles. The summed E-state index contributed by atoms with van der Waals surface area (Å²) < 4.78 is 11.0. The van der Waals surface area contributed by atoms with E-state index in [9.17, 15) is 0 Å². The quantitative estimate of drug-likeness (QED) is 0.866. The normalized spacial score (nSPS) is 12.4. The molecule has 4 heteroatoms. The van der Waals surface area contributed by atoms with Crippen molar-refractivity contribution in [1.29, 1.82) is 0 Å². The zero-order chi connectivity index (χ0) is 13.7. The minimum atomic E-state index is 0.0875. The third kappa shape index (κ3) is 3.83. The number of rotatable bonds is 6. The Bertz CT molecular complexity index is 522. The first-order chi connectivity index (χ1) is 9.19. The highest BCUT2D eigenvalue weighted by molar-refractivity contribution is 5.28. The Kier molecular flexibility index (Phi) is 4.58. The summed E-state index contributed by atoms with van der Waals surface area (Å²) in [7, 11) is 0. The van der Waals surface area contributed by atoms with Crippen LogP contribution in [0, 0.1) is 6.92 Å². The molecule has 0 aliphatic heterocycles. The van der Waals surface area contributed by atoms with Crippen LogP contribution < -0.4 is 10.1 Å². The molecule has 1 heterocycles. The Morgan fingerprint density at radius 2 is 2.26 bits per heavy atom. The van der Waals surface area contributed by atoms with E-state index in [1.165, 1.54) is 5.56 Å². The molecule has 1 aromatic carbocycles. The average Bonchev–Trinajstić information content (AvgIpc) is 2.84. The van der Waals surface area contributed by atoms with E-state index in [-0.39, 0.29) is 6.04 Å². The van der Waals surface area contributed by atoms with Gasteiger partial charge in [0, 0.05) is 6.54 Å². The summed E-state index contributed by atoms with van der Waals surface area (Å²) in [5.74, 6) is 2.46. The lowest BCUT2D eigenvalue weighted by Crippen LogP contribution is -2.18. The zero-order valence-electron chi connectivity index (χ0n) is 11.6. The number of aryl methyl sites for hydroxylation is 1. The molecule has 0 amide bonds. The number of aromatic nitrogens is 1. The maximum absolute atomic E-state index is 5.50. The fourth-order valence-electron chi connectivity index (χ4n) is 1.84. The summed E-state index contributed by atoms with van der Waals surface area (Å²) >= 11 is 0. The van der Waals surface area contributed by atoms with Crippen molar-refractivity contribution >= 4 is 0 Å². The molecule has 0 spiro atoms. The zero-order valence-corrected chi connectivity index (χ0v) is 11.6. The monoisotopic (exact) mass is 260 g/mol. The molecule has 19 heavy (non-hydrogen) atoms. The first-order valence-corrected chi connectivity index (χ1v) is 6.56. The second-order valence-electron chi connectivity index (χ2n) is 4.49. The maximum atomic E-state index is 5.50. The van der Waals surface area contributed by atoms with Crippen molar-refractivity contribution in [3.8, 4) is 5.75 Å². The van der Waals surface area contributed by atoms with Crippen LogP contribution in [0.2, 0.25) is 0 Å². The van der Waals surface area contributed by atoms with E-state index >= 15 is 0 Å². The maximum Gasteiger partial charge on any atom is 0.211 e. The fourth-order valence-corrected chi connectivity index (χ4v) is 1.84. The van der Waals surface area contributed by atoms with E-state index in [0.29, 0.717) is 6.61 Å². The molecule has 0 aliphatic rings. The summed E-state index contributed by atoms with van der Waals surface area (Å²) in [6, 6.07) is 8.17. The molecule has 0 fully saturated rings. The smallest absolute Gasteiger partial charge is 0.211 e. The first-order valence-electron chi connectivity index (χ1n) is 6.56. The molecule has 1 N–H and O–H groups in total. The van der Waals surface area contributed by atoms with Gasteiger partial charge < -0.3 is 14.5 Å². The standard InChI is InChI=1S/C15H20N2O2/c1-4-18-14-7-5-6-13(8-14)10-16-12(3)15-17-9-11(2)19-15/h5-9,12,16H,4,10H2,1-3H3. The number of ether oxygens (including phenoxy) is 1. The van der Waals surface area contributed by atoms with Crippen molar-refractivity contribution in [3.63, 3.8) is 0 Å². The fraction of sp³-hybridized carbons (Fsp3) is 0.400. The Balaban J connectivity index is 1.93. The number of nitrogens with one attached hydrogen (secondary N) is 1. The molecule has 0 bridgehead atoms. The van der Waals surface area contributed by atoms with Gasteiger partial charge >= 0.3 is 0 Å². The molecule has 0 radical (unpaired) electrons. The molecular weight excluding hydrogens is 240 g/mol. The lowest BCUT2D eigenvalue weighted by atomic mass is 10.2. The SMILES string of the molecule is CCOc1cccc(CNC(C)c2ncc(C)o2)c1. The summed E-state index contributed by atoms with van der Waals surface area (Å²) in [6.45, 7) is 7.36. The molecule has 1 unspecified atom stereocenters. The minimum Gasteiger partial charge on any atom is -0.494 e. The van der Waals surface area contributed by atoms with Crippen LogP contribution in [-0.2, 0) is 6.54 Å². The van der Waals surface area contributed by atoms with E-state index in [1.807, 2.05) is 39.0 Å². The van der Waals surface area contributed by atoms with Gasteiger partial charge in [0.15, 0.2) is 0 Å². The first kappa shape index (κ1) is 13.6. The predicted molar refractivity (Wildman–Crippen MR) is 74.1 cm³/mol. The molecular formula is C15H20N2O2. The van der Waals surface area contributed by atoms with Crippen LogP contribution in [0.15, 0.2) is 34.9 Å². The Hall–Kier alpha value is -1.81. The molecule has 1 atom stereocenters. The Labute approximate surface area is 113 Å². The lowest BCUT2D eigenvalue weighted by Gasteiger charge is -2.11. The van der Waals surface area contributed by atoms with Crippen molar-refractivity contribution < 1.29 is 9.15 Å². The van der Waals surface area contributed by atoms with Gasteiger partial charge in [-0.15, -0.1) is 0 Å². The van der Waals surface area contributed by atoms with Gasteiger partial charge in [0.05, 0.1) is 18.8 Å². The van der Waals surface area contributed by atoms with Crippen molar-refractivity contribution in [1.82, 2.24) is 10.3 Å². The molecule has 0 saturated carbocycles. The van der Waals surface area contributed by atoms with Gasteiger partial charge in [0.2, 0.25) is 5.89 Å². The van der Waals surface area contributed by atoms with Crippen molar-refractivity contribution in [2.24, 2.45) is 0 Å². The molecule has 2 aromatic rings. The summed E-state index contributed by atoms with van der Waals surface area (Å²) in [5.41, 5.74) is 1.18. The summed E-state index contributed by atoms with van der Waals surface area (Å²) in [6.07, 6.45) is 1.74. The third-order valence-corrected chi connectivity index (χ3v) is 2.83. The van der Waals surface area contributed by atoms with E-state index in [4.69, 9.17) is 9.15 Å². The van der Waals surface area contributed by atoms with Gasteiger partial charge in [-0.1, -0.05) is 12.1 Å². The Morgan fingerprint density at radius 3 is 2.95 bits per heavy atom. The highest BCUT2D eigenvalue weighted by Crippen LogP contribution is 2.16. The van der Waals surface area contributed by atoms with Crippen molar-refractivity contribution in [2.75, 3.05) is 6.61 Å². The van der Waals surface area contributed by atoms with Gasteiger partial charge in [-0.2, -0.15) is 0 Å². The van der Waals surface area contributed by atoms with E-state index < -0.39 is 0 Å². The number of oxazole rings is 1. The van der Waals surface area contributed by atoms with Gasteiger partial charge in [-0.25, -0.2) is 4.98 Å². The van der Waals surface area contributed by atoms with E-state index in [0.717, 1.165) is 23.9 Å². The van der Waals surface area contributed by atoms with Gasteiger partial charge in [-0.05, 0) is 38.5 Å². The molecule has 102 valence electrons. The molecule has 0 aliphatic carbocycles. The van der Waals surface area contributed by atoms with Gasteiger partial charge in [-0.3, -0.25) is 0 Å². The van der Waals surface area contributed by atoms with Gasteiger partial charge in [0.25, 0.3) is 0 Å². The number of benzene rings is 1. The molecule has 2 rings (SSSR count). The largest absolute Gasteiger partial charge is 0.494 e.